The van der Waals surface area contributed by atoms with Gasteiger partial charge in [0.15, 0.2) is 0 Å². The van der Waals surface area contributed by atoms with Gasteiger partial charge in [-0.05, 0) is 61.0 Å². The molecule has 0 spiro atoms. The smallest absolute Gasteiger partial charge is 0.246 e. The highest BCUT2D eigenvalue weighted by Crippen LogP contribution is 2.47. The van der Waals surface area contributed by atoms with Gasteiger partial charge < -0.3 is 14.5 Å². The standard InChI is InChI=1S/C36H31Cl2F2N5O2/c1-2-31(46)44-12-9-29-30(44)18-45(29)34-24-13-26(37)23(22-6-3-5-20-7-8-27(40)33(38)32(20)22)14-28(24)42-35(25(34)16-41)47-19-36-10-4-11-43(36)17-21(39)15-36/h2-3,5-8,13-14,21,29-30H,1,4,9-12,15,17-19H2/t21-,29-,30-,36+/m1/s1. The number of amides is 1. The lowest BCUT2D eigenvalue weighted by molar-refractivity contribution is -0.127. The van der Waals surface area contributed by atoms with Crippen LogP contribution >= 0.6 is 23.2 Å². The fraction of sp³-hybridized carbons (Fsp3) is 0.361. The predicted octanol–water partition coefficient (Wildman–Crippen LogP) is 7.30. The molecule has 240 valence electrons. The molecule has 4 fully saturated rings. The van der Waals surface area contributed by atoms with E-state index in [0.29, 0.717) is 64.2 Å². The number of nitriles is 1. The maximum absolute atomic E-state index is 14.7. The number of hydrogen-bond acceptors (Lipinski definition) is 6. The van der Waals surface area contributed by atoms with Gasteiger partial charge in [-0.1, -0.05) is 54.0 Å². The van der Waals surface area contributed by atoms with Crippen LogP contribution in [0.1, 0.15) is 31.2 Å². The van der Waals surface area contributed by atoms with Crippen molar-refractivity contribution in [2.45, 2.75) is 49.5 Å². The number of ether oxygens (including phenoxy) is 1. The SMILES string of the molecule is C=CC(=O)N1CC[C@@H]2[C@H]1CN2c1c(C#N)c(OC[C@@]23CCCN2C[C@H](F)C3)nc2cc(-c3cccc4ccc(F)c(Cl)c34)c(Cl)cc12. The molecule has 4 atom stereocenters. The topological polar surface area (TPSA) is 72.7 Å². The number of carbonyl (C=O) groups excluding carboxylic acids is 1. The Balaban J connectivity index is 1.28. The second-order valence-electron chi connectivity index (χ2n) is 13.0. The fourth-order valence-electron chi connectivity index (χ4n) is 8.41. The van der Waals surface area contributed by atoms with Crippen molar-refractivity contribution in [3.63, 3.8) is 0 Å². The number of hydrogen-bond donors (Lipinski definition) is 0. The molecule has 4 aliphatic heterocycles. The zero-order valence-electron chi connectivity index (χ0n) is 25.5. The zero-order valence-corrected chi connectivity index (χ0v) is 27.0. The van der Waals surface area contributed by atoms with Crippen LogP contribution in [0.5, 0.6) is 5.88 Å². The number of aromatic nitrogens is 1. The summed E-state index contributed by atoms with van der Waals surface area (Å²) in [5.41, 5.74) is 2.28. The minimum Gasteiger partial charge on any atom is -0.475 e. The van der Waals surface area contributed by atoms with E-state index in [2.05, 4.69) is 22.4 Å². The first kappa shape index (κ1) is 30.4. The maximum Gasteiger partial charge on any atom is 0.246 e. The van der Waals surface area contributed by atoms with Gasteiger partial charge in [-0.25, -0.2) is 13.8 Å². The lowest BCUT2D eigenvalue weighted by Crippen LogP contribution is -2.63. The number of carbonyl (C=O) groups is 1. The fourth-order valence-corrected chi connectivity index (χ4v) is 8.95. The monoisotopic (exact) mass is 673 g/mol. The van der Waals surface area contributed by atoms with Crippen LogP contribution in [-0.4, -0.2) is 77.3 Å². The average Bonchev–Trinajstić information content (AvgIpc) is 3.70. The van der Waals surface area contributed by atoms with Crippen LogP contribution in [0, 0.1) is 17.1 Å². The van der Waals surface area contributed by atoms with Crippen molar-refractivity contribution in [3.8, 4) is 23.1 Å². The summed E-state index contributed by atoms with van der Waals surface area (Å²) in [6, 6.07) is 14.6. The second-order valence-corrected chi connectivity index (χ2v) is 13.8. The Hall–Kier alpha value is -3.97. The van der Waals surface area contributed by atoms with Crippen molar-refractivity contribution in [3.05, 3.63) is 76.5 Å². The first-order chi connectivity index (χ1) is 22.7. The lowest BCUT2D eigenvalue weighted by atomic mass is 9.92. The van der Waals surface area contributed by atoms with Gasteiger partial charge in [-0.15, -0.1) is 0 Å². The molecular formula is C36H31Cl2F2N5O2. The molecule has 8 rings (SSSR count). The third-order valence-electron chi connectivity index (χ3n) is 10.6. The summed E-state index contributed by atoms with van der Waals surface area (Å²) in [6.07, 6.45) is 3.32. The van der Waals surface area contributed by atoms with Crippen LogP contribution in [-0.2, 0) is 4.79 Å². The third kappa shape index (κ3) is 4.67. The number of nitrogens with zero attached hydrogens (tertiary/aromatic N) is 5. The average molecular weight is 675 g/mol. The van der Waals surface area contributed by atoms with Crippen LogP contribution in [0.15, 0.2) is 55.1 Å². The molecule has 3 aromatic carbocycles. The first-order valence-corrected chi connectivity index (χ1v) is 16.6. The van der Waals surface area contributed by atoms with Gasteiger partial charge in [-0.3, -0.25) is 9.69 Å². The third-order valence-corrected chi connectivity index (χ3v) is 11.3. The number of alkyl halides is 1. The van der Waals surface area contributed by atoms with Crippen LogP contribution in [0.25, 0.3) is 32.8 Å². The Bertz CT molecular complexity index is 2040. The summed E-state index contributed by atoms with van der Waals surface area (Å²) in [5.74, 6) is -0.467. The van der Waals surface area contributed by atoms with E-state index in [4.69, 9.17) is 32.9 Å². The van der Waals surface area contributed by atoms with Crippen LogP contribution in [0.4, 0.5) is 14.5 Å². The Kier molecular flexibility index (Phi) is 7.32. The molecular weight excluding hydrogens is 643 g/mol. The first-order valence-electron chi connectivity index (χ1n) is 15.9. The van der Waals surface area contributed by atoms with Crippen LogP contribution < -0.4 is 9.64 Å². The van der Waals surface area contributed by atoms with E-state index >= 15 is 0 Å². The number of likely N-dealkylation sites (tertiary alicyclic amines) is 1. The normalized spacial score (nSPS) is 25.1. The summed E-state index contributed by atoms with van der Waals surface area (Å²) in [6.45, 7) is 6.19. The molecule has 1 aromatic heterocycles. The van der Waals surface area contributed by atoms with E-state index in [1.807, 2.05) is 29.2 Å². The van der Waals surface area contributed by atoms with Crippen LogP contribution in [0.2, 0.25) is 10.0 Å². The molecule has 0 unspecified atom stereocenters. The molecule has 0 aliphatic carbocycles. The summed E-state index contributed by atoms with van der Waals surface area (Å²) < 4.78 is 35.7. The molecule has 0 radical (unpaired) electrons. The van der Waals surface area contributed by atoms with Gasteiger partial charge in [0.2, 0.25) is 11.8 Å². The molecule has 11 heteroatoms. The van der Waals surface area contributed by atoms with Crippen LogP contribution in [0.3, 0.4) is 0 Å². The molecule has 4 aromatic rings. The number of pyridine rings is 1. The molecule has 4 aliphatic rings. The molecule has 5 heterocycles. The Labute approximate surface area is 280 Å². The number of rotatable bonds is 6. The van der Waals surface area contributed by atoms with Crippen molar-refractivity contribution in [1.29, 1.82) is 5.26 Å². The predicted molar refractivity (Wildman–Crippen MR) is 179 cm³/mol. The van der Waals surface area contributed by atoms with E-state index in [0.717, 1.165) is 31.2 Å². The van der Waals surface area contributed by atoms with Gasteiger partial charge in [0.1, 0.15) is 30.2 Å². The van der Waals surface area contributed by atoms with Crippen molar-refractivity contribution in [1.82, 2.24) is 14.8 Å². The molecule has 47 heavy (non-hydrogen) atoms. The Morgan fingerprint density at radius 2 is 2.02 bits per heavy atom. The molecule has 1 amide bonds. The van der Waals surface area contributed by atoms with Gasteiger partial charge in [0.25, 0.3) is 0 Å². The minimum atomic E-state index is -0.918. The van der Waals surface area contributed by atoms with Gasteiger partial charge in [0, 0.05) is 47.4 Å². The maximum atomic E-state index is 14.7. The lowest BCUT2D eigenvalue weighted by Gasteiger charge is -2.48. The van der Waals surface area contributed by atoms with E-state index < -0.39 is 17.5 Å². The van der Waals surface area contributed by atoms with Gasteiger partial charge >= 0.3 is 0 Å². The summed E-state index contributed by atoms with van der Waals surface area (Å²) in [4.78, 5) is 23.6. The quantitative estimate of drug-likeness (QED) is 0.200. The number of fused-ring (bicyclic) bond motifs is 4. The van der Waals surface area contributed by atoms with Crippen molar-refractivity contribution >= 4 is 56.5 Å². The summed E-state index contributed by atoms with van der Waals surface area (Å²) >= 11 is 13.5. The summed E-state index contributed by atoms with van der Waals surface area (Å²) in [7, 11) is 0. The number of halogens is 4. The largest absolute Gasteiger partial charge is 0.475 e. The highest BCUT2D eigenvalue weighted by Gasteiger charge is 2.51. The highest BCUT2D eigenvalue weighted by molar-refractivity contribution is 6.38. The Morgan fingerprint density at radius 1 is 1.17 bits per heavy atom. The van der Waals surface area contributed by atoms with Crippen molar-refractivity contribution in [2.24, 2.45) is 0 Å². The number of benzene rings is 3. The molecule has 0 bridgehead atoms. The minimum absolute atomic E-state index is 0.00125. The zero-order chi connectivity index (χ0) is 32.6. The number of anilines is 1. The van der Waals surface area contributed by atoms with Gasteiger partial charge in [-0.2, -0.15) is 5.26 Å². The van der Waals surface area contributed by atoms with Gasteiger partial charge in [0.05, 0.1) is 33.8 Å². The molecule has 4 saturated heterocycles. The van der Waals surface area contributed by atoms with E-state index in [-0.39, 0.29) is 41.1 Å². The molecule has 7 nitrogen and oxygen atoms in total. The van der Waals surface area contributed by atoms with Crippen molar-refractivity contribution in [2.75, 3.05) is 37.7 Å². The molecule has 0 saturated carbocycles. The summed E-state index contributed by atoms with van der Waals surface area (Å²) in [5, 5.41) is 13.0. The Morgan fingerprint density at radius 3 is 2.83 bits per heavy atom. The molecule has 0 N–H and O–H groups in total. The van der Waals surface area contributed by atoms with E-state index in [9.17, 15) is 18.8 Å². The van der Waals surface area contributed by atoms with E-state index in [1.165, 1.54) is 12.1 Å². The van der Waals surface area contributed by atoms with E-state index in [1.54, 1.807) is 12.1 Å². The second kappa shape index (κ2) is 11.3. The van der Waals surface area contributed by atoms with Crippen molar-refractivity contribution < 1.29 is 18.3 Å². The highest BCUT2D eigenvalue weighted by atomic mass is 35.5.